The highest BCUT2D eigenvalue weighted by molar-refractivity contribution is 4.98. The number of ether oxygens (including phenoxy) is 1. The summed E-state index contributed by atoms with van der Waals surface area (Å²) in [4.78, 5) is 4.52. The van der Waals surface area contributed by atoms with Gasteiger partial charge in [-0.1, -0.05) is 19.0 Å². The molecule has 1 N–H and O–H groups in total. The first-order chi connectivity index (χ1) is 8.74. The highest BCUT2D eigenvalue weighted by Crippen LogP contribution is 2.21. The van der Waals surface area contributed by atoms with Crippen molar-refractivity contribution in [3.63, 3.8) is 0 Å². The third kappa shape index (κ3) is 3.09. The molecular weight excluding hydrogens is 230 g/mol. The average Bonchev–Trinajstić information content (AvgIpc) is 3.02. The molecule has 0 bridgehead atoms. The van der Waals surface area contributed by atoms with Crippen LogP contribution in [-0.2, 0) is 11.2 Å². The van der Waals surface area contributed by atoms with Crippen LogP contribution in [0.1, 0.15) is 44.3 Å². The van der Waals surface area contributed by atoms with Gasteiger partial charge in [0.25, 0.3) is 0 Å². The lowest BCUT2D eigenvalue weighted by Gasteiger charge is -2.18. The van der Waals surface area contributed by atoms with Crippen LogP contribution >= 0.6 is 0 Å². The topological polar surface area (TPSA) is 60.2 Å². The zero-order valence-corrected chi connectivity index (χ0v) is 11.5. The summed E-state index contributed by atoms with van der Waals surface area (Å²) in [6.45, 7) is 5.97. The molecule has 102 valence electrons. The Bertz CT molecular complexity index is 357. The van der Waals surface area contributed by atoms with Crippen molar-refractivity contribution in [2.75, 3.05) is 20.3 Å². The van der Waals surface area contributed by atoms with Crippen molar-refractivity contribution in [1.82, 2.24) is 15.5 Å². The fourth-order valence-electron chi connectivity index (χ4n) is 2.52. The van der Waals surface area contributed by atoms with E-state index in [4.69, 9.17) is 9.26 Å². The molecule has 1 aromatic rings. The molecule has 0 saturated carbocycles. The number of hydrogen-bond acceptors (Lipinski definition) is 5. The van der Waals surface area contributed by atoms with Gasteiger partial charge in [0.1, 0.15) is 0 Å². The number of nitrogens with one attached hydrogen (secondary N) is 1. The van der Waals surface area contributed by atoms with Crippen molar-refractivity contribution in [3.05, 3.63) is 11.7 Å². The lowest BCUT2D eigenvalue weighted by atomic mass is 10.00. The number of hydrogen-bond donors (Lipinski definition) is 1. The largest absolute Gasteiger partial charge is 0.381 e. The quantitative estimate of drug-likeness (QED) is 0.837. The van der Waals surface area contributed by atoms with E-state index >= 15 is 0 Å². The Morgan fingerprint density at radius 1 is 1.50 bits per heavy atom. The molecule has 1 aliphatic rings. The molecule has 5 nitrogen and oxygen atoms in total. The molecule has 0 aliphatic carbocycles. The van der Waals surface area contributed by atoms with E-state index in [1.807, 2.05) is 7.05 Å². The second kappa shape index (κ2) is 6.29. The Balaban J connectivity index is 1.96. The third-order valence-corrected chi connectivity index (χ3v) is 3.78. The van der Waals surface area contributed by atoms with Crippen LogP contribution in [0.2, 0.25) is 0 Å². The Morgan fingerprint density at radius 3 is 2.94 bits per heavy atom. The van der Waals surface area contributed by atoms with E-state index in [1.165, 1.54) is 0 Å². The van der Waals surface area contributed by atoms with E-state index in [9.17, 15) is 0 Å². The summed E-state index contributed by atoms with van der Waals surface area (Å²) in [6, 6.07) is 0.383. The number of aromatic nitrogens is 2. The molecule has 1 fully saturated rings. The summed E-state index contributed by atoms with van der Waals surface area (Å²) < 4.78 is 10.7. The predicted molar refractivity (Wildman–Crippen MR) is 68.5 cm³/mol. The molecule has 3 atom stereocenters. The van der Waals surface area contributed by atoms with Crippen LogP contribution in [0.3, 0.4) is 0 Å². The molecule has 2 rings (SSSR count). The summed E-state index contributed by atoms with van der Waals surface area (Å²) in [6.07, 6.45) is 3.02. The molecule has 0 spiro atoms. The van der Waals surface area contributed by atoms with Gasteiger partial charge in [0, 0.05) is 25.7 Å². The van der Waals surface area contributed by atoms with E-state index in [0.29, 0.717) is 12.0 Å². The molecule has 0 amide bonds. The van der Waals surface area contributed by atoms with Gasteiger partial charge in [0.2, 0.25) is 5.89 Å². The summed E-state index contributed by atoms with van der Waals surface area (Å²) in [5.74, 6) is 2.36. The van der Waals surface area contributed by atoms with Crippen LogP contribution in [0.25, 0.3) is 0 Å². The number of rotatable bonds is 6. The van der Waals surface area contributed by atoms with E-state index in [1.54, 1.807) is 0 Å². The molecule has 18 heavy (non-hydrogen) atoms. The van der Waals surface area contributed by atoms with Gasteiger partial charge >= 0.3 is 0 Å². The Morgan fingerprint density at radius 2 is 2.33 bits per heavy atom. The van der Waals surface area contributed by atoms with Crippen molar-refractivity contribution in [1.29, 1.82) is 0 Å². The molecule has 2 heterocycles. The van der Waals surface area contributed by atoms with Crippen molar-refractivity contribution < 1.29 is 9.26 Å². The van der Waals surface area contributed by atoms with Gasteiger partial charge in [-0.3, -0.25) is 0 Å². The fourth-order valence-corrected chi connectivity index (χ4v) is 2.52. The van der Waals surface area contributed by atoms with Crippen molar-refractivity contribution in [3.8, 4) is 0 Å². The maximum Gasteiger partial charge on any atom is 0.231 e. The highest BCUT2D eigenvalue weighted by Gasteiger charge is 2.23. The van der Waals surface area contributed by atoms with Crippen LogP contribution in [0.5, 0.6) is 0 Å². The van der Waals surface area contributed by atoms with Crippen LogP contribution in [0.15, 0.2) is 4.52 Å². The number of likely N-dealkylation sites (N-methyl/N-ethyl adjacent to an activating group) is 1. The maximum atomic E-state index is 5.38. The predicted octanol–water partition coefficient (Wildman–Crippen LogP) is 1.75. The van der Waals surface area contributed by atoms with Gasteiger partial charge in [-0.2, -0.15) is 4.98 Å². The van der Waals surface area contributed by atoms with E-state index in [-0.39, 0.29) is 5.92 Å². The van der Waals surface area contributed by atoms with Gasteiger partial charge in [-0.05, 0) is 25.8 Å². The lowest BCUT2D eigenvalue weighted by molar-refractivity contribution is 0.185. The van der Waals surface area contributed by atoms with Gasteiger partial charge < -0.3 is 14.6 Å². The third-order valence-electron chi connectivity index (χ3n) is 3.78. The zero-order chi connectivity index (χ0) is 13.0. The SMILES string of the molecule is CCC(NC)C(C)c1nc(CC2CCOC2)no1. The van der Waals surface area contributed by atoms with Gasteiger partial charge in [0.05, 0.1) is 5.92 Å². The monoisotopic (exact) mass is 253 g/mol. The van der Waals surface area contributed by atoms with Gasteiger partial charge in [-0.25, -0.2) is 0 Å². The molecular formula is C13H23N3O2. The van der Waals surface area contributed by atoms with Crippen LogP contribution in [-0.4, -0.2) is 36.4 Å². The lowest BCUT2D eigenvalue weighted by Crippen LogP contribution is -2.30. The minimum Gasteiger partial charge on any atom is -0.381 e. The molecule has 0 aromatic carbocycles. The first-order valence-corrected chi connectivity index (χ1v) is 6.82. The minimum absolute atomic E-state index is 0.251. The van der Waals surface area contributed by atoms with Crippen molar-refractivity contribution >= 4 is 0 Å². The van der Waals surface area contributed by atoms with E-state index in [0.717, 1.165) is 44.2 Å². The normalized spacial score (nSPS) is 23.2. The second-order valence-corrected chi connectivity index (χ2v) is 5.07. The molecule has 1 aliphatic heterocycles. The van der Waals surface area contributed by atoms with E-state index < -0.39 is 0 Å². The maximum absolute atomic E-state index is 5.38. The highest BCUT2D eigenvalue weighted by atomic mass is 16.5. The standard InChI is InChI=1S/C13H23N3O2/c1-4-11(14-3)9(2)13-15-12(16-18-13)7-10-5-6-17-8-10/h9-11,14H,4-8H2,1-3H3. The second-order valence-electron chi connectivity index (χ2n) is 5.07. The van der Waals surface area contributed by atoms with Crippen LogP contribution < -0.4 is 5.32 Å². The zero-order valence-electron chi connectivity index (χ0n) is 11.5. The Hall–Kier alpha value is -0.940. The number of nitrogens with zero attached hydrogens (tertiary/aromatic N) is 2. The summed E-state index contributed by atoms with van der Waals surface area (Å²) in [7, 11) is 1.97. The first-order valence-electron chi connectivity index (χ1n) is 6.82. The smallest absolute Gasteiger partial charge is 0.231 e. The minimum atomic E-state index is 0.251. The van der Waals surface area contributed by atoms with Crippen molar-refractivity contribution in [2.45, 2.75) is 45.1 Å². The molecule has 0 radical (unpaired) electrons. The first kappa shape index (κ1) is 13.5. The average molecular weight is 253 g/mol. The Labute approximate surface area is 108 Å². The summed E-state index contributed by atoms with van der Waals surface area (Å²) in [5, 5.41) is 7.37. The summed E-state index contributed by atoms with van der Waals surface area (Å²) >= 11 is 0. The van der Waals surface area contributed by atoms with Crippen LogP contribution in [0, 0.1) is 5.92 Å². The summed E-state index contributed by atoms with van der Waals surface area (Å²) in [5.41, 5.74) is 0. The van der Waals surface area contributed by atoms with E-state index in [2.05, 4.69) is 29.3 Å². The Kier molecular flexibility index (Phi) is 4.72. The van der Waals surface area contributed by atoms with Gasteiger partial charge in [-0.15, -0.1) is 0 Å². The molecule has 1 aromatic heterocycles. The fraction of sp³-hybridized carbons (Fsp3) is 0.846. The van der Waals surface area contributed by atoms with Gasteiger partial charge in [0.15, 0.2) is 5.82 Å². The van der Waals surface area contributed by atoms with Crippen LogP contribution in [0.4, 0.5) is 0 Å². The molecule has 5 heteroatoms. The molecule has 3 unspecified atom stereocenters. The molecule has 1 saturated heterocycles. The van der Waals surface area contributed by atoms with Crippen molar-refractivity contribution in [2.24, 2.45) is 5.92 Å².